The van der Waals surface area contributed by atoms with E-state index in [4.69, 9.17) is 4.74 Å². The van der Waals surface area contributed by atoms with E-state index in [-0.39, 0.29) is 36.6 Å². The molecule has 0 radical (unpaired) electrons. The van der Waals surface area contributed by atoms with Gasteiger partial charge in [-0.15, -0.1) is 0 Å². The Morgan fingerprint density at radius 1 is 0.976 bits per heavy atom. The first-order chi connectivity index (χ1) is 20.3. The lowest BCUT2D eigenvalue weighted by Crippen LogP contribution is -2.57. The number of methoxy groups -OCH3 is 1. The van der Waals surface area contributed by atoms with E-state index in [1.165, 1.54) is 24.3 Å². The summed E-state index contributed by atoms with van der Waals surface area (Å²) in [5, 5.41) is 13.9. The molecule has 0 saturated carbocycles. The molecule has 42 heavy (non-hydrogen) atoms. The fourth-order valence-corrected chi connectivity index (χ4v) is 5.79. The smallest absolute Gasteiger partial charge is 0.269 e. The number of non-ortho nitro benzene ring substituents is 1. The lowest BCUT2D eigenvalue weighted by Gasteiger charge is -2.43. The lowest BCUT2D eigenvalue weighted by atomic mass is 9.85. The number of hydrogen-bond donors (Lipinski definition) is 1. The summed E-state index contributed by atoms with van der Waals surface area (Å²) in [6.45, 7) is 1.28. The second-order valence-corrected chi connectivity index (χ2v) is 10.4. The van der Waals surface area contributed by atoms with E-state index in [1.54, 1.807) is 16.9 Å². The van der Waals surface area contributed by atoms with Crippen molar-refractivity contribution in [2.45, 2.75) is 24.8 Å². The maximum Gasteiger partial charge on any atom is 0.269 e. The molecule has 218 valence electrons. The van der Waals surface area contributed by atoms with Gasteiger partial charge in [-0.3, -0.25) is 24.5 Å². The van der Waals surface area contributed by atoms with Crippen LogP contribution in [0.1, 0.15) is 28.8 Å². The van der Waals surface area contributed by atoms with E-state index < -0.39 is 10.5 Å². The molecule has 3 amide bonds. The molecule has 1 spiro atoms. The number of hydrogen-bond acceptors (Lipinski definition) is 7. The van der Waals surface area contributed by atoms with E-state index in [0.29, 0.717) is 44.5 Å². The normalized spacial score (nSPS) is 16.0. The number of ether oxygens (including phenoxy) is 1. The number of nitrogens with zero attached hydrogens (tertiary/aromatic N) is 4. The third kappa shape index (κ3) is 5.76. The second kappa shape index (κ2) is 12.3. The highest BCUT2D eigenvalue weighted by Crippen LogP contribution is 2.39. The molecule has 3 aromatic rings. The van der Waals surface area contributed by atoms with Gasteiger partial charge in [-0.1, -0.05) is 36.4 Å². The number of para-hydroxylation sites is 2. The van der Waals surface area contributed by atoms with Crippen molar-refractivity contribution in [3.63, 3.8) is 0 Å². The summed E-state index contributed by atoms with van der Waals surface area (Å²) in [6.07, 6.45) is 1.39. The molecule has 1 N–H and O–H groups in total. The van der Waals surface area contributed by atoms with Crippen LogP contribution in [0.5, 0.6) is 5.75 Å². The fraction of sp³-hybridized carbons (Fsp3) is 0.323. The van der Waals surface area contributed by atoms with Gasteiger partial charge in [-0.05, 0) is 55.2 Å². The average Bonchev–Trinajstić information content (AvgIpc) is 3.27. The van der Waals surface area contributed by atoms with Crippen LogP contribution in [-0.2, 0) is 16.0 Å². The number of likely N-dealkylation sites (tertiary alicyclic amines) is 1. The van der Waals surface area contributed by atoms with Crippen LogP contribution in [0.3, 0.4) is 0 Å². The van der Waals surface area contributed by atoms with Crippen molar-refractivity contribution >= 4 is 29.1 Å². The zero-order valence-electron chi connectivity index (χ0n) is 23.4. The minimum absolute atomic E-state index is 0.0682. The van der Waals surface area contributed by atoms with E-state index in [9.17, 15) is 24.5 Å². The van der Waals surface area contributed by atoms with E-state index >= 15 is 0 Å². The molecule has 2 aliphatic heterocycles. The van der Waals surface area contributed by atoms with Gasteiger partial charge < -0.3 is 24.8 Å². The minimum Gasteiger partial charge on any atom is -0.496 e. The highest BCUT2D eigenvalue weighted by atomic mass is 16.6. The van der Waals surface area contributed by atoms with E-state index in [1.807, 2.05) is 59.5 Å². The van der Waals surface area contributed by atoms with Gasteiger partial charge in [0.1, 0.15) is 17.8 Å². The monoisotopic (exact) mass is 571 g/mol. The summed E-state index contributed by atoms with van der Waals surface area (Å²) in [7, 11) is 1.61. The summed E-state index contributed by atoms with van der Waals surface area (Å²) in [4.78, 5) is 55.8. The quantitative estimate of drug-likeness (QED) is 0.309. The zero-order chi connectivity index (χ0) is 29.7. The summed E-state index contributed by atoms with van der Waals surface area (Å²) in [6, 6.07) is 22.8. The van der Waals surface area contributed by atoms with Crippen molar-refractivity contribution in [3.05, 3.63) is 100 Å². The van der Waals surface area contributed by atoms with Crippen molar-refractivity contribution in [2.75, 3.05) is 44.9 Å². The first kappa shape index (κ1) is 28.6. The molecule has 0 aromatic heterocycles. The molecule has 11 nitrogen and oxygen atoms in total. The Hall–Kier alpha value is -4.93. The largest absolute Gasteiger partial charge is 0.496 e. The van der Waals surface area contributed by atoms with Crippen molar-refractivity contribution < 1.29 is 24.0 Å². The Kier molecular flexibility index (Phi) is 8.37. The predicted octanol–water partition coefficient (Wildman–Crippen LogP) is 3.24. The summed E-state index contributed by atoms with van der Waals surface area (Å²) in [5.41, 5.74) is 1.26. The maximum absolute atomic E-state index is 13.9. The van der Waals surface area contributed by atoms with Crippen LogP contribution in [0.25, 0.3) is 0 Å². The number of piperidine rings is 1. The number of carbonyl (C=O) groups excluding carboxylic acids is 3. The number of nitro benzene ring substituents is 1. The first-order valence-corrected chi connectivity index (χ1v) is 13.9. The van der Waals surface area contributed by atoms with Gasteiger partial charge in [0.05, 0.1) is 18.7 Å². The standard InChI is InChI=1S/C31H33N5O6/c1-42-27-10-6-5-7-23(27)15-18-32-28(37)21-34-22-35(25-8-3-2-4-9-25)31(30(34)39)16-19-33(20-17-31)29(38)24-11-13-26(14-12-24)36(40)41/h2-14H,15-22H2,1H3,(H,32,37). The first-order valence-electron chi connectivity index (χ1n) is 13.9. The van der Waals surface area contributed by atoms with E-state index in [2.05, 4.69) is 5.32 Å². The fourth-order valence-electron chi connectivity index (χ4n) is 5.79. The molecule has 2 heterocycles. The molecule has 11 heteroatoms. The Balaban J connectivity index is 1.25. The number of benzene rings is 3. The molecule has 0 aliphatic carbocycles. The summed E-state index contributed by atoms with van der Waals surface area (Å²) < 4.78 is 5.38. The highest BCUT2D eigenvalue weighted by Gasteiger charge is 2.54. The number of carbonyl (C=O) groups is 3. The molecule has 2 aliphatic rings. The molecule has 0 atom stereocenters. The van der Waals surface area contributed by atoms with Crippen LogP contribution in [0.4, 0.5) is 11.4 Å². The second-order valence-electron chi connectivity index (χ2n) is 10.4. The molecule has 0 unspecified atom stereocenters. The molecule has 3 aromatic carbocycles. The average molecular weight is 572 g/mol. The molecular formula is C31H33N5O6. The van der Waals surface area contributed by atoms with Crippen molar-refractivity contribution in [1.29, 1.82) is 0 Å². The van der Waals surface area contributed by atoms with Gasteiger partial charge in [0.15, 0.2) is 0 Å². The van der Waals surface area contributed by atoms with Gasteiger partial charge in [-0.25, -0.2) is 0 Å². The van der Waals surface area contributed by atoms with Crippen LogP contribution in [0.2, 0.25) is 0 Å². The third-order valence-corrected chi connectivity index (χ3v) is 8.03. The van der Waals surface area contributed by atoms with Crippen LogP contribution in [0.15, 0.2) is 78.9 Å². The number of nitro groups is 1. The molecular weight excluding hydrogens is 538 g/mol. The van der Waals surface area contributed by atoms with Crippen LogP contribution in [-0.4, -0.2) is 77.9 Å². The zero-order valence-corrected chi connectivity index (χ0v) is 23.4. The maximum atomic E-state index is 13.9. The topological polar surface area (TPSA) is 125 Å². The summed E-state index contributed by atoms with van der Waals surface area (Å²) in [5.74, 6) is 0.158. The van der Waals surface area contributed by atoms with Crippen molar-refractivity contribution in [3.8, 4) is 5.75 Å². The molecule has 2 saturated heterocycles. The molecule has 2 fully saturated rings. The van der Waals surface area contributed by atoms with Crippen LogP contribution >= 0.6 is 0 Å². The number of amides is 3. The number of anilines is 1. The Morgan fingerprint density at radius 3 is 2.31 bits per heavy atom. The summed E-state index contributed by atoms with van der Waals surface area (Å²) >= 11 is 0. The Bertz CT molecular complexity index is 1450. The van der Waals surface area contributed by atoms with E-state index in [0.717, 1.165) is 17.0 Å². The third-order valence-electron chi connectivity index (χ3n) is 8.03. The Labute approximate surface area is 243 Å². The van der Waals surface area contributed by atoms with Gasteiger partial charge in [0.2, 0.25) is 5.91 Å². The Morgan fingerprint density at radius 2 is 1.64 bits per heavy atom. The number of rotatable bonds is 9. The van der Waals surface area contributed by atoms with Gasteiger partial charge in [0, 0.05) is 43.0 Å². The predicted molar refractivity (Wildman–Crippen MR) is 156 cm³/mol. The SMILES string of the molecule is COc1ccccc1CCNC(=O)CN1CN(c2ccccc2)C2(CCN(C(=O)c3ccc([N+](=O)[O-])cc3)CC2)C1=O. The minimum atomic E-state index is -0.884. The molecule has 0 bridgehead atoms. The molecule has 5 rings (SSSR count). The van der Waals surface area contributed by atoms with Gasteiger partial charge in [0.25, 0.3) is 17.5 Å². The lowest BCUT2D eigenvalue weighted by molar-refractivity contribution is -0.384. The van der Waals surface area contributed by atoms with Crippen LogP contribution < -0.4 is 15.0 Å². The van der Waals surface area contributed by atoms with Crippen molar-refractivity contribution in [2.24, 2.45) is 0 Å². The van der Waals surface area contributed by atoms with Crippen LogP contribution in [0, 0.1) is 10.1 Å². The van der Waals surface area contributed by atoms with Gasteiger partial charge >= 0.3 is 0 Å². The number of nitrogens with one attached hydrogen (secondary N) is 1. The van der Waals surface area contributed by atoms with Crippen molar-refractivity contribution in [1.82, 2.24) is 15.1 Å². The highest BCUT2D eigenvalue weighted by molar-refractivity contribution is 5.97. The van der Waals surface area contributed by atoms with Gasteiger partial charge in [-0.2, -0.15) is 0 Å².